The van der Waals surface area contributed by atoms with Crippen molar-refractivity contribution in [1.29, 1.82) is 0 Å². The van der Waals surface area contributed by atoms with Crippen LogP contribution in [0.2, 0.25) is 0 Å². The van der Waals surface area contributed by atoms with Crippen LogP contribution in [0.5, 0.6) is 0 Å². The van der Waals surface area contributed by atoms with Gasteiger partial charge in [0.1, 0.15) is 0 Å². The van der Waals surface area contributed by atoms with E-state index in [1.54, 1.807) is 11.3 Å². The maximum atomic E-state index is 13.9. The fourth-order valence-electron chi connectivity index (χ4n) is 2.56. The van der Waals surface area contributed by atoms with Crippen molar-refractivity contribution in [1.82, 2.24) is 0 Å². The highest BCUT2D eigenvalue weighted by molar-refractivity contribution is 7.10. The molecule has 0 radical (unpaired) electrons. The van der Waals surface area contributed by atoms with Crippen LogP contribution in [0.3, 0.4) is 0 Å². The highest BCUT2D eigenvalue weighted by Crippen LogP contribution is 2.36. The number of halogens is 1. The largest absolute Gasteiger partial charge is 0.376 e. The van der Waals surface area contributed by atoms with Gasteiger partial charge in [0.2, 0.25) is 0 Å². The van der Waals surface area contributed by atoms with Gasteiger partial charge in [0.05, 0.1) is 22.7 Å². The number of benzene rings is 1. The lowest BCUT2D eigenvalue weighted by molar-refractivity contribution is -0.385. The quantitative estimate of drug-likeness (QED) is 0.678. The molecule has 0 amide bonds. The Morgan fingerprint density at radius 2 is 2.25 bits per heavy atom. The standard InChI is InChI=1S/C14H13FN2O2S/c15-11-8-9(17(18)19)4-5-13(11)16-12-2-1-3-14-10(12)6-7-20-14/h4-8,12,16H,1-3H2. The zero-order valence-corrected chi connectivity index (χ0v) is 11.5. The average Bonchev–Trinajstić information content (AvgIpc) is 2.90. The van der Waals surface area contributed by atoms with Crippen LogP contribution in [0.1, 0.15) is 29.3 Å². The van der Waals surface area contributed by atoms with Crippen LogP contribution in [-0.4, -0.2) is 4.92 Å². The van der Waals surface area contributed by atoms with Crippen molar-refractivity contribution in [2.24, 2.45) is 0 Å². The van der Waals surface area contributed by atoms with E-state index in [-0.39, 0.29) is 11.7 Å². The van der Waals surface area contributed by atoms with Gasteiger partial charge in [-0.1, -0.05) is 0 Å². The normalized spacial score (nSPS) is 17.6. The third kappa shape index (κ3) is 2.38. The molecule has 1 heterocycles. The van der Waals surface area contributed by atoms with E-state index in [1.165, 1.54) is 22.6 Å². The number of fused-ring (bicyclic) bond motifs is 1. The Labute approximate surface area is 119 Å². The number of nitro benzene ring substituents is 1. The first-order valence-corrected chi connectivity index (χ1v) is 7.30. The SMILES string of the molecule is O=[N+]([O-])c1ccc(NC2CCCc3sccc32)c(F)c1. The van der Waals surface area contributed by atoms with E-state index in [2.05, 4.69) is 16.8 Å². The van der Waals surface area contributed by atoms with Crippen LogP contribution in [-0.2, 0) is 6.42 Å². The van der Waals surface area contributed by atoms with Crippen molar-refractivity contribution in [2.45, 2.75) is 25.3 Å². The summed E-state index contributed by atoms with van der Waals surface area (Å²) in [7, 11) is 0. The molecule has 1 aromatic heterocycles. The fourth-order valence-corrected chi connectivity index (χ4v) is 3.55. The minimum absolute atomic E-state index is 0.0842. The van der Waals surface area contributed by atoms with Crippen LogP contribution in [0.4, 0.5) is 15.8 Å². The van der Waals surface area contributed by atoms with Gasteiger partial charge in [0.25, 0.3) is 5.69 Å². The molecule has 0 bridgehead atoms. The van der Waals surface area contributed by atoms with E-state index in [0.717, 1.165) is 25.3 Å². The van der Waals surface area contributed by atoms with Gasteiger partial charge in [-0.2, -0.15) is 0 Å². The van der Waals surface area contributed by atoms with Gasteiger partial charge < -0.3 is 5.32 Å². The van der Waals surface area contributed by atoms with Crippen LogP contribution >= 0.6 is 11.3 Å². The number of rotatable bonds is 3. The molecule has 6 heteroatoms. The van der Waals surface area contributed by atoms with Crippen LogP contribution in [0.25, 0.3) is 0 Å². The zero-order chi connectivity index (χ0) is 14.1. The van der Waals surface area contributed by atoms with E-state index in [4.69, 9.17) is 0 Å². The van der Waals surface area contributed by atoms with E-state index in [9.17, 15) is 14.5 Å². The summed E-state index contributed by atoms with van der Waals surface area (Å²) in [5.74, 6) is -0.582. The molecule has 1 aliphatic rings. The van der Waals surface area contributed by atoms with Crippen molar-refractivity contribution in [3.63, 3.8) is 0 Å². The molecule has 0 saturated heterocycles. The second-order valence-corrected chi connectivity index (χ2v) is 5.81. The minimum Gasteiger partial charge on any atom is -0.376 e. The molecule has 0 spiro atoms. The van der Waals surface area contributed by atoms with Crippen LogP contribution < -0.4 is 5.32 Å². The summed E-state index contributed by atoms with van der Waals surface area (Å²) in [6.07, 6.45) is 3.09. The maximum Gasteiger partial charge on any atom is 0.272 e. The average molecular weight is 292 g/mol. The van der Waals surface area contributed by atoms with Gasteiger partial charge in [-0.25, -0.2) is 4.39 Å². The smallest absolute Gasteiger partial charge is 0.272 e. The highest BCUT2D eigenvalue weighted by Gasteiger charge is 2.22. The molecule has 3 rings (SSSR count). The second kappa shape index (κ2) is 5.20. The molecule has 1 atom stereocenters. The van der Waals surface area contributed by atoms with Crippen molar-refractivity contribution in [2.75, 3.05) is 5.32 Å². The summed E-state index contributed by atoms with van der Waals surface area (Å²) in [6, 6.07) is 5.87. The first kappa shape index (κ1) is 13.1. The van der Waals surface area contributed by atoms with Gasteiger partial charge in [-0.05, 0) is 42.3 Å². The number of aryl methyl sites for hydroxylation is 1. The summed E-state index contributed by atoms with van der Waals surface area (Å²) < 4.78 is 13.9. The molecule has 2 aromatic rings. The molecule has 0 aliphatic heterocycles. The summed E-state index contributed by atoms with van der Waals surface area (Å²) >= 11 is 1.73. The summed E-state index contributed by atoms with van der Waals surface area (Å²) in [5, 5.41) is 15.8. The van der Waals surface area contributed by atoms with E-state index < -0.39 is 10.7 Å². The number of non-ortho nitro benzene ring substituents is 1. The van der Waals surface area contributed by atoms with E-state index in [1.807, 2.05) is 0 Å². The van der Waals surface area contributed by atoms with Gasteiger partial charge in [0.15, 0.2) is 5.82 Å². The molecule has 20 heavy (non-hydrogen) atoms. The van der Waals surface area contributed by atoms with Gasteiger partial charge in [-0.15, -0.1) is 11.3 Å². The lowest BCUT2D eigenvalue weighted by Crippen LogP contribution is -2.16. The zero-order valence-electron chi connectivity index (χ0n) is 10.6. The third-order valence-corrected chi connectivity index (χ3v) is 4.54. The molecule has 1 N–H and O–H groups in total. The third-order valence-electron chi connectivity index (χ3n) is 3.55. The Balaban J connectivity index is 1.84. The first-order valence-electron chi connectivity index (χ1n) is 6.42. The molecule has 0 fully saturated rings. The number of thiophene rings is 1. The Morgan fingerprint density at radius 3 is 3.00 bits per heavy atom. The molecule has 104 valence electrons. The Kier molecular flexibility index (Phi) is 3.40. The van der Waals surface area contributed by atoms with E-state index >= 15 is 0 Å². The number of nitrogens with zero attached hydrogens (tertiary/aromatic N) is 1. The highest BCUT2D eigenvalue weighted by atomic mass is 32.1. The van der Waals surface area contributed by atoms with Gasteiger partial charge >= 0.3 is 0 Å². The second-order valence-electron chi connectivity index (χ2n) is 4.81. The number of anilines is 1. The summed E-state index contributed by atoms with van der Waals surface area (Å²) in [4.78, 5) is 11.4. The lowest BCUT2D eigenvalue weighted by Gasteiger charge is -2.24. The number of nitrogens with one attached hydrogen (secondary N) is 1. The van der Waals surface area contributed by atoms with Gasteiger partial charge in [0, 0.05) is 10.9 Å². The molecular formula is C14H13FN2O2S. The van der Waals surface area contributed by atoms with Crippen LogP contribution in [0, 0.1) is 15.9 Å². The molecule has 0 saturated carbocycles. The van der Waals surface area contributed by atoms with Crippen molar-refractivity contribution >= 4 is 22.7 Å². The number of hydrogen-bond donors (Lipinski definition) is 1. The molecular weight excluding hydrogens is 279 g/mol. The van der Waals surface area contributed by atoms with Crippen molar-refractivity contribution in [3.05, 3.63) is 56.0 Å². The molecule has 1 unspecified atom stereocenters. The Hall–Kier alpha value is -1.95. The predicted molar refractivity (Wildman–Crippen MR) is 76.7 cm³/mol. The van der Waals surface area contributed by atoms with E-state index in [0.29, 0.717) is 5.69 Å². The maximum absolute atomic E-state index is 13.9. The summed E-state index contributed by atoms with van der Waals surface area (Å²) in [6.45, 7) is 0. The van der Waals surface area contributed by atoms with Crippen molar-refractivity contribution in [3.8, 4) is 0 Å². The van der Waals surface area contributed by atoms with Crippen molar-refractivity contribution < 1.29 is 9.31 Å². The van der Waals surface area contributed by atoms with Crippen LogP contribution in [0.15, 0.2) is 29.6 Å². The topological polar surface area (TPSA) is 55.2 Å². The fraction of sp³-hybridized carbons (Fsp3) is 0.286. The molecule has 1 aromatic carbocycles. The Morgan fingerprint density at radius 1 is 1.40 bits per heavy atom. The number of hydrogen-bond acceptors (Lipinski definition) is 4. The van der Waals surface area contributed by atoms with Gasteiger partial charge in [-0.3, -0.25) is 10.1 Å². The molecule has 1 aliphatic carbocycles. The number of nitro groups is 1. The summed E-state index contributed by atoms with van der Waals surface area (Å²) in [5.41, 5.74) is 1.31. The minimum atomic E-state index is -0.593. The lowest BCUT2D eigenvalue weighted by atomic mass is 9.94. The Bertz CT molecular complexity index is 656. The first-order chi connectivity index (χ1) is 9.65. The predicted octanol–water partition coefficient (Wildman–Crippen LogP) is 4.28. The monoisotopic (exact) mass is 292 g/mol. The molecule has 4 nitrogen and oxygen atoms in total.